The van der Waals surface area contributed by atoms with Crippen LogP contribution in [-0.2, 0) is 6.54 Å². The normalized spacial score (nSPS) is 11.8. The molecule has 2 heterocycles. The van der Waals surface area contributed by atoms with Gasteiger partial charge in [-0.3, -0.25) is 9.59 Å². The fourth-order valence-corrected chi connectivity index (χ4v) is 2.12. The zero-order chi connectivity index (χ0) is 15.6. The summed E-state index contributed by atoms with van der Waals surface area (Å²) in [5.41, 5.74) is 0.668. The molecule has 108 valence electrons. The third kappa shape index (κ3) is 2.87. The zero-order valence-corrected chi connectivity index (χ0v) is 11.9. The molecule has 0 unspecified atom stereocenters. The van der Waals surface area contributed by atoms with Gasteiger partial charge in [0.2, 0.25) is 0 Å². The summed E-state index contributed by atoms with van der Waals surface area (Å²) in [6.45, 7) is 7.86. The molecule has 6 heteroatoms. The maximum Gasteiger partial charge on any atom is 0.272 e. The summed E-state index contributed by atoms with van der Waals surface area (Å²) in [5.74, 6) is 2.73. The van der Waals surface area contributed by atoms with E-state index < -0.39 is 11.1 Å². The van der Waals surface area contributed by atoms with E-state index in [-0.39, 0.29) is 16.6 Å². The van der Waals surface area contributed by atoms with Crippen LogP contribution in [0.5, 0.6) is 0 Å². The predicted molar refractivity (Wildman–Crippen MR) is 81.2 cm³/mol. The van der Waals surface area contributed by atoms with Crippen LogP contribution in [-0.4, -0.2) is 19.5 Å². The topological polar surface area (TPSA) is 83.5 Å². The standard InChI is InChI=1S/C15H16N4O2/c1-5-6-19-8-16-11(13(19)9(2)3)7-12-15(21)17-10(4)14(20)18-12/h1,7-9H,4,6H2,2-3H3,(H,17,21)(H,18,20). The number of nitrogens with one attached hydrogen (secondary N) is 2. The Morgan fingerprint density at radius 1 is 1.43 bits per heavy atom. The molecule has 0 radical (unpaired) electrons. The first kappa shape index (κ1) is 14.6. The molecular formula is C15H16N4O2. The second kappa shape index (κ2) is 5.67. The molecule has 2 N–H and O–H groups in total. The van der Waals surface area contributed by atoms with Gasteiger partial charge in [-0.15, -0.1) is 6.42 Å². The van der Waals surface area contributed by atoms with Gasteiger partial charge in [-0.2, -0.15) is 0 Å². The molecule has 0 aliphatic carbocycles. The molecule has 6 nitrogen and oxygen atoms in total. The number of hydrogen-bond acceptors (Lipinski definition) is 3. The summed E-state index contributed by atoms with van der Waals surface area (Å²) in [5, 5.41) is 0.166. The van der Waals surface area contributed by atoms with Crippen LogP contribution in [0.1, 0.15) is 31.2 Å². The van der Waals surface area contributed by atoms with Crippen LogP contribution in [0.25, 0.3) is 12.7 Å². The van der Waals surface area contributed by atoms with E-state index in [9.17, 15) is 9.59 Å². The molecule has 0 spiro atoms. The highest BCUT2D eigenvalue weighted by Gasteiger charge is 2.12. The van der Waals surface area contributed by atoms with Crippen molar-refractivity contribution >= 4 is 12.7 Å². The fraction of sp³-hybridized carbons (Fsp3) is 0.267. The number of H-pyrrole nitrogens is 2. The fourth-order valence-electron chi connectivity index (χ4n) is 2.12. The van der Waals surface area contributed by atoms with E-state index in [1.165, 1.54) is 0 Å². The van der Waals surface area contributed by atoms with Crippen molar-refractivity contribution in [1.29, 1.82) is 0 Å². The Morgan fingerprint density at radius 2 is 2.14 bits per heavy atom. The number of rotatable bonds is 3. The van der Waals surface area contributed by atoms with E-state index >= 15 is 0 Å². The molecular weight excluding hydrogens is 268 g/mol. The van der Waals surface area contributed by atoms with Gasteiger partial charge in [0.1, 0.15) is 5.35 Å². The van der Waals surface area contributed by atoms with Crippen molar-refractivity contribution in [2.45, 2.75) is 26.3 Å². The summed E-state index contributed by atoms with van der Waals surface area (Å²) in [7, 11) is 0. The minimum absolute atomic E-state index is 0.0269. The van der Waals surface area contributed by atoms with Gasteiger partial charge >= 0.3 is 0 Å². The maximum absolute atomic E-state index is 11.8. The molecule has 0 aromatic carbocycles. The predicted octanol–water partition coefficient (Wildman–Crippen LogP) is -0.745. The van der Waals surface area contributed by atoms with Crippen molar-refractivity contribution in [2.75, 3.05) is 0 Å². The Balaban J connectivity index is 2.70. The highest BCUT2D eigenvalue weighted by Crippen LogP contribution is 2.19. The number of terminal acetylenes is 1. The van der Waals surface area contributed by atoms with Crippen molar-refractivity contribution in [3.63, 3.8) is 0 Å². The highest BCUT2D eigenvalue weighted by molar-refractivity contribution is 5.47. The van der Waals surface area contributed by atoms with Crippen LogP contribution in [0.2, 0.25) is 0 Å². The van der Waals surface area contributed by atoms with Crippen LogP contribution >= 0.6 is 0 Å². The van der Waals surface area contributed by atoms with Gasteiger partial charge in [-0.25, -0.2) is 4.98 Å². The molecule has 2 rings (SSSR count). The molecule has 0 fully saturated rings. The molecule has 2 aromatic rings. The van der Waals surface area contributed by atoms with Crippen molar-refractivity contribution in [1.82, 2.24) is 19.5 Å². The van der Waals surface area contributed by atoms with Gasteiger partial charge in [0.05, 0.1) is 23.9 Å². The molecule has 0 bridgehead atoms. The first-order chi connectivity index (χ1) is 9.93. The Hall–Kier alpha value is -2.81. The van der Waals surface area contributed by atoms with Crippen LogP contribution in [0.15, 0.2) is 15.9 Å². The van der Waals surface area contributed by atoms with E-state index in [0.29, 0.717) is 12.2 Å². The number of aromatic nitrogens is 4. The van der Waals surface area contributed by atoms with Crippen LogP contribution in [0, 0.1) is 12.3 Å². The molecule has 21 heavy (non-hydrogen) atoms. The number of aromatic amines is 2. The lowest BCUT2D eigenvalue weighted by Gasteiger charge is -2.09. The highest BCUT2D eigenvalue weighted by atomic mass is 16.1. The SMILES string of the molecule is C#CCn1cnc(C=c2[nH]c(=O)c(=C)[nH]c2=O)c1C(C)C. The van der Waals surface area contributed by atoms with E-state index in [1.807, 2.05) is 18.4 Å². The summed E-state index contributed by atoms with van der Waals surface area (Å²) in [6.07, 6.45) is 8.51. The molecule has 0 saturated carbocycles. The minimum atomic E-state index is -0.435. The molecule has 0 saturated heterocycles. The van der Waals surface area contributed by atoms with Gasteiger partial charge in [0.15, 0.2) is 0 Å². The van der Waals surface area contributed by atoms with Crippen molar-refractivity contribution in [3.8, 4) is 12.3 Å². The Kier molecular flexibility index (Phi) is 3.94. The van der Waals surface area contributed by atoms with Gasteiger partial charge in [-0.05, 0) is 12.0 Å². The lowest BCUT2D eigenvalue weighted by molar-refractivity contribution is 0.709. The quantitative estimate of drug-likeness (QED) is 0.728. The molecule has 0 amide bonds. The lowest BCUT2D eigenvalue weighted by Crippen LogP contribution is -2.46. The molecule has 0 aliphatic heterocycles. The average molecular weight is 284 g/mol. The van der Waals surface area contributed by atoms with Gasteiger partial charge in [0.25, 0.3) is 11.1 Å². The second-order valence-corrected chi connectivity index (χ2v) is 4.95. The zero-order valence-electron chi connectivity index (χ0n) is 11.9. The minimum Gasteiger partial charge on any atom is -0.322 e. The average Bonchev–Trinajstić information content (AvgIpc) is 2.79. The van der Waals surface area contributed by atoms with E-state index in [4.69, 9.17) is 6.42 Å². The maximum atomic E-state index is 11.8. The van der Waals surface area contributed by atoms with Crippen molar-refractivity contribution in [3.05, 3.63) is 49.1 Å². The van der Waals surface area contributed by atoms with Crippen LogP contribution in [0.4, 0.5) is 0 Å². The number of nitrogens with zero attached hydrogens (tertiary/aromatic N) is 2. The molecule has 2 aromatic heterocycles. The summed E-state index contributed by atoms with van der Waals surface area (Å²) in [4.78, 5) is 32.6. The number of hydrogen-bond donors (Lipinski definition) is 2. The smallest absolute Gasteiger partial charge is 0.272 e. The Labute approximate surface area is 120 Å². The van der Waals surface area contributed by atoms with E-state index in [2.05, 4.69) is 27.5 Å². The molecule has 0 atom stereocenters. The summed E-state index contributed by atoms with van der Waals surface area (Å²) in [6, 6.07) is 0. The van der Waals surface area contributed by atoms with Gasteiger partial charge < -0.3 is 14.5 Å². The first-order valence-corrected chi connectivity index (χ1v) is 6.45. The van der Waals surface area contributed by atoms with Crippen LogP contribution < -0.4 is 21.8 Å². The Morgan fingerprint density at radius 3 is 2.76 bits per heavy atom. The van der Waals surface area contributed by atoms with E-state index in [1.54, 1.807) is 12.4 Å². The second-order valence-electron chi connectivity index (χ2n) is 4.95. The molecule has 0 aliphatic rings. The Bertz CT molecular complexity index is 922. The third-order valence-electron chi connectivity index (χ3n) is 3.03. The van der Waals surface area contributed by atoms with Gasteiger partial charge in [-0.1, -0.05) is 26.3 Å². The third-order valence-corrected chi connectivity index (χ3v) is 3.03. The number of imidazole rings is 1. The summed E-state index contributed by atoms with van der Waals surface area (Å²) >= 11 is 0. The lowest BCUT2D eigenvalue weighted by atomic mass is 10.1. The van der Waals surface area contributed by atoms with E-state index in [0.717, 1.165) is 5.69 Å². The van der Waals surface area contributed by atoms with Gasteiger partial charge in [0, 0.05) is 5.69 Å². The monoisotopic (exact) mass is 284 g/mol. The largest absolute Gasteiger partial charge is 0.322 e. The van der Waals surface area contributed by atoms with Crippen LogP contribution in [0.3, 0.4) is 0 Å². The van der Waals surface area contributed by atoms with Crippen molar-refractivity contribution in [2.24, 2.45) is 0 Å². The summed E-state index contributed by atoms with van der Waals surface area (Å²) < 4.78 is 1.85. The van der Waals surface area contributed by atoms with Crippen molar-refractivity contribution < 1.29 is 0 Å². The first-order valence-electron chi connectivity index (χ1n) is 6.45.